The van der Waals surface area contributed by atoms with Crippen LogP contribution in [0.3, 0.4) is 0 Å². The second kappa shape index (κ2) is 5.30. The molecule has 0 fully saturated rings. The minimum Gasteiger partial charge on any atom is -0.456 e. The molecule has 0 unspecified atom stereocenters. The van der Waals surface area contributed by atoms with Gasteiger partial charge in [-0.05, 0) is 30.1 Å². The lowest BCUT2D eigenvalue weighted by Gasteiger charge is -2.08. The van der Waals surface area contributed by atoms with E-state index in [1.165, 1.54) is 18.3 Å². The summed E-state index contributed by atoms with van der Waals surface area (Å²) in [6.07, 6.45) is -4.46. The van der Waals surface area contributed by atoms with Gasteiger partial charge in [0.05, 0.1) is 5.69 Å². The van der Waals surface area contributed by atoms with Crippen LogP contribution in [0.2, 0.25) is 0 Å². The standard InChI is InChI=1S/C20H17NO/c1-2-7-14-8-6-13-21-20(14)16-10-5-12-18-19(16)15-9-3-4-11-17(15)22-18/h3-6,8-13H,2,7H2,1H3/i1D3,2D2,7D2. The molecule has 0 radical (unpaired) electrons. The Labute approximate surface area is 139 Å². The largest absolute Gasteiger partial charge is 0.456 e. The number of benzene rings is 2. The maximum atomic E-state index is 8.42. The van der Waals surface area contributed by atoms with Crippen molar-refractivity contribution < 1.29 is 14.0 Å². The van der Waals surface area contributed by atoms with Gasteiger partial charge in [0.15, 0.2) is 0 Å². The Hall–Kier alpha value is -2.61. The van der Waals surface area contributed by atoms with Gasteiger partial charge < -0.3 is 4.42 Å². The second-order valence-corrected chi connectivity index (χ2v) is 4.93. The Balaban J connectivity index is 2.03. The molecule has 2 aromatic heterocycles. The summed E-state index contributed by atoms with van der Waals surface area (Å²) < 4.78 is 61.3. The van der Waals surface area contributed by atoms with Crippen molar-refractivity contribution >= 4 is 21.9 Å². The van der Waals surface area contributed by atoms with Gasteiger partial charge in [-0.25, -0.2) is 0 Å². The first kappa shape index (κ1) is 7.59. The lowest BCUT2D eigenvalue weighted by Crippen LogP contribution is -1.93. The fourth-order valence-corrected chi connectivity index (χ4v) is 2.76. The number of hydrogen-bond donors (Lipinski definition) is 0. The molecule has 4 rings (SSSR count). The van der Waals surface area contributed by atoms with Gasteiger partial charge in [0, 0.05) is 32.1 Å². The molecule has 0 saturated carbocycles. The van der Waals surface area contributed by atoms with Crippen molar-refractivity contribution in [3.05, 3.63) is 66.4 Å². The van der Waals surface area contributed by atoms with E-state index in [4.69, 9.17) is 14.0 Å². The number of aryl methyl sites for hydroxylation is 1. The summed E-state index contributed by atoms with van der Waals surface area (Å²) in [5.41, 5.74) is 1.85. The molecule has 0 bridgehead atoms. The maximum absolute atomic E-state index is 8.42. The van der Waals surface area contributed by atoms with Crippen LogP contribution in [-0.2, 0) is 6.37 Å². The number of pyridine rings is 1. The van der Waals surface area contributed by atoms with Crippen LogP contribution in [0, 0.1) is 0 Å². The molecule has 0 saturated heterocycles. The molecule has 2 aromatic carbocycles. The van der Waals surface area contributed by atoms with Gasteiger partial charge in [-0.15, -0.1) is 0 Å². The molecular formula is C20H17NO. The van der Waals surface area contributed by atoms with Crippen molar-refractivity contribution in [3.63, 3.8) is 0 Å². The molecule has 108 valence electrons. The lowest BCUT2D eigenvalue weighted by atomic mass is 9.98. The molecule has 2 nitrogen and oxygen atoms in total. The summed E-state index contributed by atoms with van der Waals surface area (Å²) >= 11 is 0. The topological polar surface area (TPSA) is 26.0 Å². The fourth-order valence-electron chi connectivity index (χ4n) is 2.76. The first-order chi connectivity index (χ1) is 13.6. The van der Waals surface area contributed by atoms with E-state index < -0.39 is 19.6 Å². The summed E-state index contributed by atoms with van der Waals surface area (Å²) in [6.45, 7) is -3.15. The van der Waals surface area contributed by atoms with E-state index in [2.05, 4.69) is 4.98 Å². The summed E-state index contributed by atoms with van der Waals surface area (Å²) in [6, 6.07) is 15.5. The Morgan fingerprint density at radius 2 is 1.95 bits per heavy atom. The van der Waals surface area contributed by atoms with Crippen LogP contribution in [0.5, 0.6) is 0 Å². The average molecular weight is 294 g/mol. The van der Waals surface area contributed by atoms with E-state index in [-0.39, 0.29) is 11.3 Å². The summed E-state index contributed by atoms with van der Waals surface area (Å²) in [4.78, 5) is 4.32. The number of rotatable bonds is 3. The minimum atomic E-state index is -3.15. The van der Waals surface area contributed by atoms with E-state index in [9.17, 15) is 0 Å². The first-order valence-electron chi connectivity index (χ1n) is 10.4. The van der Waals surface area contributed by atoms with E-state index in [0.717, 1.165) is 5.39 Å². The van der Waals surface area contributed by atoms with Crippen LogP contribution in [0.15, 0.2) is 65.2 Å². The molecule has 4 aromatic rings. The van der Waals surface area contributed by atoms with Crippen LogP contribution < -0.4 is 0 Å². The fraction of sp³-hybridized carbons (Fsp3) is 0.150. The summed E-state index contributed by atoms with van der Waals surface area (Å²) in [5.74, 6) is 0. The van der Waals surface area contributed by atoms with Crippen molar-refractivity contribution in [2.24, 2.45) is 0 Å². The van der Waals surface area contributed by atoms with Gasteiger partial charge in [-0.2, -0.15) is 0 Å². The van der Waals surface area contributed by atoms with Gasteiger partial charge in [0.1, 0.15) is 11.2 Å². The maximum Gasteiger partial charge on any atom is 0.136 e. The number of nitrogens with zero attached hydrogens (tertiary/aromatic N) is 1. The Kier molecular flexibility index (Phi) is 1.83. The zero-order valence-corrected chi connectivity index (χ0v) is 11.6. The normalized spacial score (nSPS) is 17.9. The van der Waals surface area contributed by atoms with E-state index in [1.807, 2.05) is 24.3 Å². The van der Waals surface area contributed by atoms with Gasteiger partial charge in [-0.1, -0.05) is 49.6 Å². The number of para-hydroxylation sites is 1. The zero-order chi connectivity index (χ0) is 21.0. The Morgan fingerprint density at radius 1 is 1.05 bits per heavy atom. The SMILES string of the molecule is [2H]C([2H])([2H])C([2H])([2H])C([2H])([2H])c1cccnc1-c1cccc2oc3ccccc3c12. The molecular weight excluding hydrogens is 270 g/mol. The molecule has 0 N–H and O–H groups in total. The number of aromatic nitrogens is 1. The highest BCUT2D eigenvalue weighted by molar-refractivity contribution is 6.12. The van der Waals surface area contributed by atoms with Crippen LogP contribution in [0.1, 0.15) is 28.4 Å². The number of fused-ring (bicyclic) bond motifs is 3. The number of furan rings is 1. The zero-order valence-electron chi connectivity index (χ0n) is 18.6. The van der Waals surface area contributed by atoms with Crippen LogP contribution >= 0.6 is 0 Å². The van der Waals surface area contributed by atoms with Crippen LogP contribution in [0.25, 0.3) is 33.2 Å². The van der Waals surface area contributed by atoms with Gasteiger partial charge in [0.2, 0.25) is 0 Å². The highest BCUT2D eigenvalue weighted by Crippen LogP contribution is 2.36. The predicted octanol–water partition coefficient (Wildman–Crippen LogP) is 5.60. The van der Waals surface area contributed by atoms with Crippen molar-refractivity contribution in [2.45, 2.75) is 19.6 Å². The van der Waals surface area contributed by atoms with Gasteiger partial charge in [0.25, 0.3) is 0 Å². The van der Waals surface area contributed by atoms with Crippen molar-refractivity contribution in [1.82, 2.24) is 4.98 Å². The molecule has 0 aliphatic heterocycles. The molecule has 0 aliphatic carbocycles. The van der Waals surface area contributed by atoms with Gasteiger partial charge in [-0.3, -0.25) is 4.98 Å². The third kappa shape index (κ3) is 2.00. The smallest absolute Gasteiger partial charge is 0.136 e. The first-order valence-corrected chi connectivity index (χ1v) is 6.92. The minimum absolute atomic E-state index is 0.126. The highest BCUT2D eigenvalue weighted by atomic mass is 16.3. The third-order valence-electron chi connectivity index (χ3n) is 3.66. The van der Waals surface area contributed by atoms with Gasteiger partial charge >= 0.3 is 0 Å². The monoisotopic (exact) mass is 294 g/mol. The number of hydrogen-bond acceptors (Lipinski definition) is 2. The molecule has 0 aliphatic rings. The molecule has 0 atom stereocenters. The summed E-state index contributed by atoms with van der Waals surface area (Å²) in [7, 11) is 0. The van der Waals surface area contributed by atoms with Crippen molar-refractivity contribution in [3.8, 4) is 11.3 Å². The Morgan fingerprint density at radius 3 is 2.91 bits per heavy atom. The van der Waals surface area contributed by atoms with Crippen molar-refractivity contribution in [1.29, 1.82) is 0 Å². The quantitative estimate of drug-likeness (QED) is 0.491. The van der Waals surface area contributed by atoms with Crippen molar-refractivity contribution in [2.75, 3.05) is 0 Å². The average Bonchev–Trinajstić information content (AvgIpc) is 3.05. The van der Waals surface area contributed by atoms with Crippen LogP contribution in [0.4, 0.5) is 0 Å². The third-order valence-corrected chi connectivity index (χ3v) is 3.66. The summed E-state index contributed by atoms with van der Waals surface area (Å²) in [5, 5.41) is 1.53. The predicted molar refractivity (Wildman–Crippen MR) is 90.9 cm³/mol. The second-order valence-electron chi connectivity index (χ2n) is 4.93. The molecule has 2 heterocycles. The lowest BCUT2D eigenvalue weighted by molar-refractivity contribution is 0.669. The molecule has 0 amide bonds. The highest BCUT2D eigenvalue weighted by Gasteiger charge is 2.14. The Bertz CT molecular complexity index is 1210. The molecule has 2 heteroatoms. The van der Waals surface area contributed by atoms with E-state index >= 15 is 0 Å². The van der Waals surface area contributed by atoms with E-state index in [1.54, 1.807) is 18.2 Å². The molecule has 0 spiro atoms. The van der Waals surface area contributed by atoms with Crippen LogP contribution in [-0.4, -0.2) is 4.98 Å². The van der Waals surface area contributed by atoms with E-state index in [0.29, 0.717) is 22.1 Å². The molecule has 22 heavy (non-hydrogen) atoms.